The Hall–Kier alpha value is -3.15. The maximum Gasteiger partial charge on any atom is 0.325 e. The predicted molar refractivity (Wildman–Crippen MR) is 80.0 cm³/mol. The van der Waals surface area contributed by atoms with E-state index >= 15 is 0 Å². The van der Waals surface area contributed by atoms with Crippen LogP contribution < -0.4 is 11.2 Å². The highest BCUT2D eigenvalue weighted by Crippen LogP contribution is 2.02. The van der Waals surface area contributed by atoms with E-state index in [0.29, 0.717) is 5.75 Å². The maximum absolute atomic E-state index is 10.2. The van der Waals surface area contributed by atoms with E-state index in [-0.39, 0.29) is 5.56 Å². The van der Waals surface area contributed by atoms with Gasteiger partial charge in [0.2, 0.25) is 0 Å². The average Bonchev–Trinajstić information content (AvgIpc) is 2.51. The molecule has 3 aromatic rings. The number of rotatable bonds is 0. The van der Waals surface area contributed by atoms with E-state index in [1.807, 2.05) is 29.2 Å². The number of nitrogens with zero attached hydrogens (tertiary/aromatic N) is 1. The number of aromatic amines is 2. The molecule has 0 aliphatic rings. The number of aromatic hydroxyl groups is 1. The molecule has 108 valence electrons. The number of pyridine rings is 1. The molecule has 0 aliphatic heterocycles. The summed E-state index contributed by atoms with van der Waals surface area (Å²) < 4.78 is 0. The third-order valence-corrected chi connectivity index (χ3v) is 2.01. The molecule has 0 aliphatic carbocycles. The molecule has 0 unspecified atom stereocenters. The van der Waals surface area contributed by atoms with Crippen LogP contribution in [0.2, 0.25) is 0 Å². The van der Waals surface area contributed by atoms with E-state index in [2.05, 4.69) is 9.97 Å². The van der Waals surface area contributed by atoms with Gasteiger partial charge >= 0.3 is 5.69 Å². The van der Waals surface area contributed by atoms with Gasteiger partial charge in [0.15, 0.2) is 0 Å². The summed E-state index contributed by atoms with van der Waals surface area (Å²) in [6.45, 7) is 0. The Morgan fingerprint density at radius 1 is 0.857 bits per heavy atom. The Labute approximate surface area is 120 Å². The van der Waals surface area contributed by atoms with Crippen molar-refractivity contribution in [3.8, 4) is 5.75 Å². The topological polar surface area (TPSA) is 98.8 Å². The first kappa shape index (κ1) is 15.9. The highest BCUT2D eigenvalue weighted by molar-refractivity contribution is 5.18. The molecule has 3 N–H and O–H groups in total. The molecule has 0 saturated carbocycles. The van der Waals surface area contributed by atoms with Crippen molar-refractivity contribution in [1.29, 1.82) is 0 Å². The molecule has 3 rings (SSSR count). The number of para-hydroxylation sites is 1. The van der Waals surface area contributed by atoms with Crippen LogP contribution >= 0.6 is 0 Å². The minimum atomic E-state index is -0.475. The molecule has 0 amide bonds. The van der Waals surface area contributed by atoms with Gasteiger partial charge in [-0.25, -0.2) is 4.79 Å². The molecule has 2 heterocycles. The van der Waals surface area contributed by atoms with Gasteiger partial charge in [-0.15, -0.1) is 0 Å². The van der Waals surface area contributed by atoms with Crippen LogP contribution in [0.15, 0.2) is 82.8 Å². The lowest BCUT2D eigenvalue weighted by Crippen LogP contribution is -2.19. The molecule has 21 heavy (non-hydrogen) atoms. The smallest absolute Gasteiger partial charge is 0.325 e. The number of phenolic OH excluding ortho intramolecular Hbond substituents is 1. The van der Waals surface area contributed by atoms with Crippen molar-refractivity contribution < 1.29 is 5.11 Å². The van der Waals surface area contributed by atoms with Gasteiger partial charge in [-0.1, -0.05) is 24.3 Å². The average molecular weight is 285 g/mol. The van der Waals surface area contributed by atoms with Gasteiger partial charge < -0.3 is 10.1 Å². The summed E-state index contributed by atoms with van der Waals surface area (Å²) in [4.78, 5) is 28.4. The second kappa shape index (κ2) is 9.74. The van der Waals surface area contributed by atoms with E-state index in [1.165, 1.54) is 12.3 Å². The number of benzene rings is 1. The fourth-order valence-electron chi connectivity index (χ4n) is 1.12. The first-order valence-corrected chi connectivity index (χ1v) is 6.05. The first-order chi connectivity index (χ1) is 10.2. The molecular formula is C15H15N3O3. The van der Waals surface area contributed by atoms with E-state index < -0.39 is 5.69 Å². The predicted octanol–water partition coefficient (Wildman–Crippen LogP) is 1.54. The van der Waals surface area contributed by atoms with Crippen molar-refractivity contribution in [3.05, 3.63) is 94.0 Å². The van der Waals surface area contributed by atoms with Crippen LogP contribution in [0.25, 0.3) is 0 Å². The molecular weight excluding hydrogens is 270 g/mol. The van der Waals surface area contributed by atoms with Crippen LogP contribution in [-0.2, 0) is 0 Å². The lowest BCUT2D eigenvalue weighted by atomic mass is 10.3. The van der Waals surface area contributed by atoms with Crippen LogP contribution in [0.5, 0.6) is 5.75 Å². The molecule has 0 fully saturated rings. The Balaban J connectivity index is 0.000000159. The van der Waals surface area contributed by atoms with Gasteiger partial charge in [0.1, 0.15) is 5.75 Å². The lowest BCUT2D eigenvalue weighted by molar-refractivity contribution is 0.475. The van der Waals surface area contributed by atoms with Crippen molar-refractivity contribution in [3.63, 3.8) is 0 Å². The molecule has 2 aromatic heterocycles. The minimum absolute atomic E-state index is 0.322. The Morgan fingerprint density at radius 2 is 1.48 bits per heavy atom. The second-order valence-electron chi connectivity index (χ2n) is 3.66. The van der Waals surface area contributed by atoms with Gasteiger partial charge in [0.05, 0.1) is 0 Å². The maximum atomic E-state index is 10.2. The number of aromatic nitrogens is 3. The summed E-state index contributed by atoms with van der Waals surface area (Å²) in [6, 6.07) is 15.7. The van der Waals surface area contributed by atoms with Crippen molar-refractivity contribution in [2.45, 2.75) is 0 Å². The Morgan fingerprint density at radius 3 is 1.76 bits per heavy atom. The number of H-pyrrole nitrogens is 2. The Bertz CT molecular complexity index is 657. The third kappa shape index (κ3) is 8.55. The molecule has 1 aromatic carbocycles. The van der Waals surface area contributed by atoms with E-state index in [9.17, 15) is 9.59 Å². The van der Waals surface area contributed by atoms with Crippen LogP contribution in [0.4, 0.5) is 0 Å². The molecule has 0 atom stereocenters. The molecule has 0 saturated heterocycles. The second-order valence-corrected chi connectivity index (χ2v) is 3.66. The van der Waals surface area contributed by atoms with Gasteiger partial charge in [-0.05, 0) is 24.3 Å². The van der Waals surface area contributed by atoms with Gasteiger partial charge in [-0.2, -0.15) is 0 Å². The van der Waals surface area contributed by atoms with Crippen molar-refractivity contribution in [2.75, 3.05) is 0 Å². The summed E-state index contributed by atoms with van der Waals surface area (Å²) in [6.07, 6.45) is 4.79. The largest absolute Gasteiger partial charge is 0.508 e. The summed E-state index contributed by atoms with van der Waals surface area (Å²) in [5.74, 6) is 0.322. The third-order valence-electron chi connectivity index (χ3n) is 2.01. The first-order valence-electron chi connectivity index (χ1n) is 6.05. The monoisotopic (exact) mass is 285 g/mol. The van der Waals surface area contributed by atoms with Crippen LogP contribution in [0, 0.1) is 0 Å². The molecule has 6 nitrogen and oxygen atoms in total. The number of nitrogens with one attached hydrogen (secondary N) is 2. The van der Waals surface area contributed by atoms with Crippen LogP contribution in [0.3, 0.4) is 0 Å². The molecule has 0 radical (unpaired) electrons. The van der Waals surface area contributed by atoms with Gasteiger partial charge in [-0.3, -0.25) is 14.8 Å². The van der Waals surface area contributed by atoms with Crippen molar-refractivity contribution in [1.82, 2.24) is 15.0 Å². The number of hydrogen-bond acceptors (Lipinski definition) is 4. The zero-order valence-electron chi connectivity index (χ0n) is 11.1. The van der Waals surface area contributed by atoms with Gasteiger partial charge in [0, 0.05) is 24.7 Å². The molecule has 6 heteroatoms. The normalized spacial score (nSPS) is 8.57. The van der Waals surface area contributed by atoms with Gasteiger partial charge in [0.25, 0.3) is 5.56 Å². The number of hydrogen-bond donors (Lipinski definition) is 3. The van der Waals surface area contributed by atoms with E-state index in [4.69, 9.17) is 5.11 Å². The standard InChI is InChI=1S/C6H6O.C5H5N.C4H4N2O2/c7-6-4-2-1-3-5-6;1-2-4-6-5-3-1;7-3-1-2-5-4(8)6-3/h1-5,7H;1-5H;1-2H,(H2,5,6,7,8). The van der Waals surface area contributed by atoms with E-state index in [1.54, 1.807) is 36.7 Å². The fourth-order valence-corrected chi connectivity index (χ4v) is 1.12. The zero-order chi connectivity index (χ0) is 15.3. The SMILES string of the molecule is O=c1cc[nH]c(=O)[nH]1.Oc1ccccc1.c1ccncc1. The van der Waals surface area contributed by atoms with Crippen LogP contribution in [0.1, 0.15) is 0 Å². The highest BCUT2D eigenvalue weighted by atomic mass is 16.3. The number of phenols is 1. The summed E-state index contributed by atoms with van der Waals surface area (Å²) >= 11 is 0. The Kier molecular flexibility index (Phi) is 7.38. The van der Waals surface area contributed by atoms with Crippen LogP contribution in [-0.4, -0.2) is 20.1 Å². The van der Waals surface area contributed by atoms with Crippen molar-refractivity contribution >= 4 is 0 Å². The summed E-state index contributed by atoms with van der Waals surface area (Å²) in [7, 11) is 0. The molecule has 0 bridgehead atoms. The van der Waals surface area contributed by atoms with E-state index in [0.717, 1.165) is 0 Å². The van der Waals surface area contributed by atoms with Crippen molar-refractivity contribution in [2.24, 2.45) is 0 Å². The molecule has 0 spiro atoms. The lowest BCUT2D eigenvalue weighted by Gasteiger charge is -1.82. The zero-order valence-corrected chi connectivity index (χ0v) is 11.1. The fraction of sp³-hybridized carbons (Fsp3) is 0. The summed E-state index contributed by atoms with van der Waals surface area (Å²) in [5.41, 5.74) is -0.855. The summed E-state index contributed by atoms with van der Waals surface area (Å²) in [5, 5.41) is 8.63. The minimum Gasteiger partial charge on any atom is -0.508 e. The highest BCUT2D eigenvalue weighted by Gasteiger charge is 1.78. The quantitative estimate of drug-likeness (QED) is 0.583.